The van der Waals surface area contributed by atoms with Crippen molar-refractivity contribution >= 4 is 22.8 Å². The summed E-state index contributed by atoms with van der Waals surface area (Å²) in [6.07, 6.45) is 6.14. The quantitative estimate of drug-likeness (QED) is 0.749. The number of carboxylic acids is 1. The van der Waals surface area contributed by atoms with Crippen molar-refractivity contribution in [2.24, 2.45) is 5.41 Å². The third-order valence-corrected chi connectivity index (χ3v) is 5.57. The first-order valence-corrected chi connectivity index (χ1v) is 9.02. The number of rotatable bonds is 5. The average Bonchev–Trinajstić information content (AvgIpc) is 3.16. The number of furan rings is 1. The van der Waals surface area contributed by atoms with Gasteiger partial charge in [-0.2, -0.15) is 0 Å². The molecule has 0 spiro atoms. The Labute approximate surface area is 152 Å². The van der Waals surface area contributed by atoms with Crippen molar-refractivity contribution in [3.05, 3.63) is 60.5 Å². The number of fused-ring (bicyclic) bond motifs is 1. The number of aliphatic carboxylic acids is 1. The molecule has 1 N–H and O–H groups in total. The highest BCUT2D eigenvalue weighted by atomic mass is 16.4. The van der Waals surface area contributed by atoms with Crippen LogP contribution in [0.3, 0.4) is 0 Å². The number of hydrogen-bond donors (Lipinski definition) is 1. The van der Waals surface area contributed by atoms with Crippen molar-refractivity contribution in [2.75, 3.05) is 18.0 Å². The number of carboxylic acid groups (broad SMARTS) is 1. The third-order valence-electron chi connectivity index (χ3n) is 5.57. The van der Waals surface area contributed by atoms with Crippen LogP contribution in [-0.2, 0) is 11.2 Å². The first kappa shape index (κ1) is 16.6. The molecule has 4 rings (SSSR count). The second-order valence-electron chi connectivity index (χ2n) is 7.03. The number of piperidine rings is 1. The monoisotopic (exact) mass is 350 g/mol. The molecule has 0 aliphatic carbocycles. The van der Waals surface area contributed by atoms with E-state index < -0.39 is 11.4 Å². The third kappa shape index (κ3) is 3.05. The molecule has 1 saturated heterocycles. The van der Waals surface area contributed by atoms with Crippen LogP contribution in [0.1, 0.15) is 24.8 Å². The molecule has 2 aromatic heterocycles. The lowest BCUT2D eigenvalue weighted by molar-refractivity contribution is -0.150. The number of anilines is 1. The number of carbonyl (C=O) groups is 1. The molecule has 26 heavy (non-hydrogen) atoms. The molecule has 3 heterocycles. The van der Waals surface area contributed by atoms with Crippen LogP contribution in [0.15, 0.2) is 59.3 Å². The fourth-order valence-electron chi connectivity index (χ4n) is 3.88. The molecule has 0 saturated carbocycles. The number of aromatic nitrogens is 1. The summed E-state index contributed by atoms with van der Waals surface area (Å²) in [6, 6.07) is 13.9. The maximum absolute atomic E-state index is 12.1. The zero-order valence-electron chi connectivity index (χ0n) is 14.6. The molecule has 3 aromatic rings. The lowest BCUT2D eigenvalue weighted by atomic mass is 9.74. The van der Waals surface area contributed by atoms with E-state index in [2.05, 4.69) is 22.0 Å². The van der Waals surface area contributed by atoms with Crippen LogP contribution in [0.25, 0.3) is 11.0 Å². The lowest BCUT2D eigenvalue weighted by Crippen LogP contribution is -2.45. The highest BCUT2D eigenvalue weighted by Crippen LogP contribution is 2.39. The van der Waals surface area contributed by atoms with Gasteiger partial charge in [0, 0.05) is 19.3 Å². The summed E-state index contributed by atoms with van der Waals surface area (Å²) in [4.78, 5) is 18.8. The molecule has 5 nitrogen and oxygen atoms in total. The highest BCUT2D eigenvalue weighted by molar-refractivity contribution is 5.88. The first-order chi connectivity index (χ1) is 12.7. The fraction of sp³-hybridized carbons (Fsp3) is 0.333. The molecule has 0 bridgehead atoms. The van der Waals surface area contributed by atoms with Crippen LogP contribution in [0.4, 0.5) is 5.82 Å². The zero-order valence-corrected chi connectivity index (χ0v) is 14.6. The van der Waals surface area contributed by atoms with E-state index in [0.29, 0.717) is 32.4 Å². The first-order valence-electron chi connectivity index (χ1n) is 9.02. The number of aryl methyl sites for hydroxylation is 1. The Balaban J connectivity index is 1.49. The van der Waals surface area contributed by atoms with Crippen LogP contribution >= 0.6 is 0 Å². The molecule has 5 heteroatoms. The topological polar surface area (TPSA) is 66.6 Å². The molecular weight excluding hydrogens is 328 g/mol. The SMILES string of the molecule is O=C(O)C1(CCc2ccccc2)CCN(c2nccc3occc23)CC1. The zero-order chi connectivity index (χ0) is 18.0. The van der Waals surface area contributed by atoms with E-state index in [9.17, 15) is 9.90 Å². The van der Waals surface area contributed by atoms with Gasteiger partial charge in [0.05, 0.1) is 17.1 Å². The van der Waals surface area contributed by atoms with Gasteiger partial charge in [0.1, 0.15) is 11.4 Å². The predicted octanol–water partition coefficient (Wildman–Crippen LogP) is 4.13. The maximum Gasteiger partial charge on any atom is 0.309 e. The van der Waals surface area contributed by atoms with Gasteiger partial charge in [0.15, 0.2) is 0 Å². The van der Waals surface area contributed by atoms with E-state index >= 15 is 0 Å². The minimum absolute atomic E-state index is 0.630. The summed E-state index contributed by atoms with van der Waals surface area (Å²) < 4.78 is 5.46. The maximum atomic E-state index is 12.1. The molecule has 1 fully saturated rings. The highest BCUT2D eigenvalue weighted by Gasteiger charge is 2.41. The van der Waals surface area contributed by atoms with Gasteiger partial charge in [-0.3, -0.25) is 4.79 Å². The van der Waals surface area contributed by atoms with E-state index in [1.165, 1.54) is 5.56 Å². The van der Waals surface area contributed by atoms with Crippen LogP contribution in [0, 0.1) is 5.41 Å². The summed E-state index contributed by atoms with van der Waals surface area (Å²) in [5.41, 5.74) is 1.35. The van der Waals surface area contributed by atoms with Crippen LogP contribution in [0.2, 0.25) is 0 Å². The van der Waals surface area contributed by atoms with Crippen LogP contribution < -0.4 is 4.90 Å². The summed E-state index contributed by atoms with van der Waals surface area (Å²) in [5, 5.41) is 10.9. The molecular formula is C21H22N2O3. The molecule has 0 amide bonds. The van der Waals surface area contributed by atoms with Gasteiger partial charge in [-0.15, -0.1) is 0 Å². The minimum Gasteiger partial charge on any atom is -0.481 e. The van der Waals surface area contributed by atoms with E-state index in [1.54, 1.807) is 12.5 Å². The molecule has 134 valence electrons. The number of benzene rings is 1. The normalized spacial score (nSPS) is 16.7. The van der Waals surface area contributed by atoms with E-state index in [-0.39, 0.29) is 0 Å². The molecule has 1 aromatic carbocycles. The van der Waals surface area contributed by atoms with E-state index in [1.807, 2.05) is 30.3 Å². The Bertz CT molecular complexity index is 896. The minimum atomic E-state index is -0.678. The molecule has 0 unspecified atom stereocenters. The average molecular weight is 350 g/mol. The van der Waals surface area contributed by atoms with Crippen molar-refractivity contribution in [3.63, 3.8) is 0 Å². The van der Waals surface area contributed by atoms with Gasteiger partial charge in [0.2, 0.25) is 0 Å². The van der Waals surface area contributed by atoms with Crippen LogP contribution in [0.5, 0.6) is 0 Å². The Hall–Kier alpha value is -2.82. The Morgan fingerprint density at radius 2 is 1.92 bits per heavy atom. The molecule has 1 aliphatic rings. The Morgan fingerprint density at radius 1 is 1.15 bits per heavy atom. The van der Waals surface area contributed by atoms with Gasteiger partial charge in [-0.25, -0.2) is 4.98 Å². The molecule has 0 radical (unpaired) electrons. The van der Waals surface area contributed by atoms with Gasteiger partial charge in [-0.1, -0.05) is 30.3 Å². The predicted molar refractivity (Wildman–Crippen MR) is 100 cm³/mol. The number of hydrogen-bond acceptors (Lipinski definition) is 4. The Morgan fingerprint density at radius 3 is 2.65 bits per heavy atom. The second kappa shape index (κ2) is 6.83. The lowest BCUT2D eigenvalue weighted by Gasteiger charge is -2.39. The Kier molecular flexibility index (Phi) is 4.37. The molecule has 0 atom stereocenters. The van der Waals surface area contributed by atoms with E-state index in [4.69, 9.17) is 4.42 Å². The summed E-state index contributed by atoms with van der Waals surface area (Å²) in [6.45, 7) is 1.39. The number of pyridine rings is 1. The van der Waals surface area contributed by atoms with Gasteiger partial charge < -0.3 is 14.4 Å². The second-order valence-corrected chi connectivity index (χ2v) is 7.03. The van der Waals surface area contributed by atoms with Gasteiger partial charge >= 0.3 is 5.97 Å². The largest absolute Gasteiger partial charge is 0.481 e. The summed E-state index contributed by atoms with van der Waals surface area (Å²) in [5.74, 6) is 0.209. The standard InChI is InChI=1S/C21H22N2O3/c24-20(25)21(9-6-16-4-2-1-3-5-16)10-13-23(14-11-21)19-17-8-15-26-18(17)7-12-22-19/h1-5,7-8,12,15H,6,9-11,13-14H2,(H,24,25). The van der Waals surface area contributed by atoms with Crippen molar-refractivity contribution < 1.29 is 14.3 Å². The van der Waals surface area contributed by atoms with Crippen molar-refractivity contribution in [1.29, 1.82) is 0 Å². The number of nitrogens with zero attached hydrogens (tertiary/aromatic N) is 2. The van der Waals surface area contributed by atoms with E-state index in [0.717, 1.165) is 23.2 Å². The summed E-state index contributed by atoms with van der Waals surface area (Å²) >= 11 is 0. The van der Waals surface area contributed by atoms with Crippen molar-refractivity contribution in [2.45, 2.75) is 25.7 Å². The smallest absolute Gasteiger partial charge is 0.309 e. The van der Waals surface area contributed by atoms with Crippen molar-refractivity contribution in [1.82, 2.24) is 4.98 Å². The van der Waals surface area contributed by atoms with Gasteiger partial charge in [-0.05, 0) is 43.4 Å². The van der Waals surface area contributed by atoms with Crippen LogP contribution in [-0.4, -0.2) is 29.1 Å². The molecule has 1 aliphatic heterocycles. The summed E-state index contributed by atoms with van der Waals surface area (Å²) in [7, 11) is 0. The van der Waals surface area contributed by atoms with Crippen molar-refractivity contribution in [3.8, 4) is 0 Å². The fourth-order valence-corrected chi connectivity index (χ4v) is 3.88. The van der Waals surface area contributed by atoms with Gasteiger partial charge in [0.25, 0.3) is 0 Å².